The average Bonchev–Trinajstić information content (AvgIpc) is 3.39. The van der Waals surface area contributed by atoms with E-state index in [4.69, 9.17) is 16.3 Å². The van der Waals surface area contributed by atoms with Gasteiger partial charge in [-0.2, -0.15) is 13.2 Å². The molecule has 3 nitrogen and oxygen atoms in total. The van der Waals surface area contributed by atoms with E-state index >= 15 is 0 Å². The SMILES string of the molecule is CSN1CC[C@H](OCCCN(Cc2cccc(C(F)(F)F)c2Cl)CC(c2ccccc2)c2ccccc2)C1. The number of hydrogen-bond donors (Lipinski definition) is 0. The molecule has 1 heterocycles. The summed E-state index contributed by atoms with van der Waals surface area (Å²) >= 11 is 8.05. The predicted octanol–water partition coefficient (Wildman–Crippen LogP) is 7.75. The number of hydrogen-bond acceptors (Lipinski definition) is 4. The van der Waals surface area contributed by atoms with Crippen LogP contribution in [0, 0.1) is 0 Å². The maximum Gasteiger partial charge on any atom is 0.417 e. The topological polar surface area (TPSA) is 15.7 Å². The molecule has 3 aromatic carbocycles. The summed E-state index contributed by atoms with van der Waals surface area (Å²) in [6.07, 6.45) is -0.379. The average molecular weight is 563 g/mol. The van der Waals surface area contributed by atoms with Crippen molar-refractivity contribution in [1.82, 2.24) is 9.21 Å². The first-order chi connectivity index (χ1) is 18.3. The third-order valence-electron chi connectivity index (χ3n) is 6.96. The van der Waals surface area contributed by atoms with E-state index in [-0.39, 0.29) is 17.0 Å². The lowest BCUT2D eigenvalue weighted by atomic mass is 9.90. The first-order valence-corrected chi connectivity index (χ1v) is 14.5. The molecule has 1 aliphatic rings. The quantitative estimate of drug-likeness (QED) is 0.165. The fourth-order valence-corrected chi connectivity index (χ4v) is 5.86. The molecular formula is C30H34ClF3N2OS. The minimum Gasteiger partial charge on any atom is -0.377 e. The summed E-state index contributed by atoms with van der Waals surface area (Å²) in [4.78, 5) is 2.21. The monoisotopic (exact) mass is 562 g/mol. The standard InChI is InChI=1S/C30H34ClF3N2OS/c1-38-36-18-16-26(21-36)37-19-9-17-35(20-25-14-8-15-28(29(25)31)30(32,33)34)22-27(23-10-4-2-5-11-23)24-12-6-3-7-13-24/h2-8,10-15,26-27H,9,16-22H2,1H3/t26-/m0/s1. The van der Waals surface area contributed by atoms with Crippen molar-refractivity contribution in [3.05, 3.63) is 106 Å². The molecule has 0 spiro atoms. The van der Waals surface area contributed by atoms with Crippen molar-refractivity contribution in [1.29, 1.82) is 0 Å². The van der Waals surface area contributed by atoms with Crippen molar-refractivity contribution in [2.75, 3.05) is 39.0 Å². The Morgan fingerprint density at radius 3 is 2.24 bits per heavy atom. The minimum absolute atomic E-state index is 0.0628. The van der Waals surface area contributed by atoms with Crippen LogP contribution in [0.15, 0.2) is 78.9 Å². The smallest absolute Gasteiger partial charge is 0.377 e. The Labute approximate surface area is 233 Å². The molecule has 1 saturated heterocycles. The molecule has 0 aliphatic carbocycles. The second-order valence-electron chi connectivity index (χ2n) is 9.59. The lowest BCUT2D eigenvalue weighted by Crippen LogP contribution is -2.31. The van der Waals surface area contributed by atoms with Crippen LogP contribution in [0.4, 0.5) is 13.2 Å². The highest BCUT2D eigenvalue weighted by Gasteiger charge is 2.34. The van der Waals surface area contributed by atoms with Gasteiger partial charge in [0.05, 0.1) is 16.7 Å². The molecule has 4 rings (SSSR count). The summed E-state index contributed by atoms with van der Waals surface area (Å²) in [7, 11) is 0. The molecule has 1 fully saturated rings. The van der Waals surface area contributed by atoms with Crippen LogP contribution in [-0.4, -0.2) is 54.4 Å². The Bertz CT molecular complexity index is 1090. The summed E-state index contributed by atoms with van der Waals surface area (Å²) in [6, 6.07) is 24.7. The van der Waals surface area contributed by atoms with Crippen LogP contribution in [0.3, 0.4) is 0 Å². The van der Waals surface area contributed by atoms with Crippen LogP contribution < -0.4 is 0 Å². The highest BCUT2D eigenvalue weighted by Crippen LogP contribution is 2.37. The number of halogens is 4. The normalized spacial score (nSPS) is 16.6. The molecule has 0 amide bonds. The third kappa shape index (κ3) is 7.99. The summed E-state index contributed by atoms with van der Waals surface area (Å²) in [5.74, 6) is 0.0628. The van der Waals surface area contributed by atoms with Crippen molar-refractivity contribution < 1.29 is 17.9 Å². The molecule has 0 bridgehead atoms. The Balaban J connectivity index is 1.52. The van der Waals surface area contributed by atoms with E-state index in [9.17, 15) is 13.2 Å². The summed E-state index contributed by atoms with van der Waals surface area (Å²) < 4.78 is 49.1. The van der Waals surface area contributed by atoms with Gasteiger partial charge in [0.15, 0.2) is 0 Å². The molecule has 1 atom stereocenters. The van der Waals surface area contributed by atoms with E-state index < -0.39 is 11.7 Å². The molecule has 0 saturated carbocycles. The van der Waals surface area contributed by atoms with Gasteiger partial charge in [-0.3, -0.25) is 4.90 Å². The van der Waals surface area contributed by atoms with E-state index in [0.717, 1.165) is 32.0 Å². The van der Waals surface area contributed by atoms with Crippen molar-refractivity contribution in [2.45, 2.75) is 37.6 Å². The summed E-state index contributed by atoms with van der Waals surface area (Å²) in [6.45, 7) is 4.21. The fourth-order valence-electron chi connectivity index (χ4n) is 4.97. The second-order valence-corrected chi connectivity index (χ2v) is 10.9. The van der Waals surface area contributed by atoms with E-state index in [2.05, 4.69) is 39.7 Å². The third-order valence-corrected chi connectivity index (χ3v) is 8.26. The van der Waals surface area contributed by atoms with Crippen LogP contribution in [0.25, 0.3) is 0 Å². The van der Waals surface area contributed by atoms with Gasteiger partial charge in [-0.25, -0.2) is 4.31 Å². The van der Waals surface area contributed by atoms with Crippen molar-refractivity contribution >= 4 is 23.5 Å². The highest BCUT2D eigenvalue weighted by atomic mass is 35.5. The van der Waals surface area contributed by atoms with Crippen molar-refractivity contribution in [3.63, 3.8) is 0 Å². The summed E-state index contributed by atoms with van der Waals surface area (Å²) in [5.41, 5.74) is 2.02. The first-order valence-electron chi connectivity index (χ1n) is 12.9. The fraction of sp³-hybridized carbons (Fsp3) is 0.400. The number of benzene rings is 3. The van der Waals surface area contributed by atoms with Gasteiger partial charge in [-0.05, 0) is 41.9 Å². The largest absolute Gasteiger partial charge is 0.417 e. The predicted molar refractivity (Wildman–Crippen MR) is 151 cm³/mol. The van der Waals surface area contributed by atoms with Gasteiger partial charge >= 0.3 is 6.18 Å². The van der Waals surface area contributed by atoms with Gasteiger partial charge in [0.25, 0.3) is 0 Å². The maximum absolute atomic E-state index is 13.5. The van der Waals surface area contributed by atoms with Crippen LogP contribution in [0.5, 0.6) is 0 Å². The maximum atomic E-state index is 13.5. The molecule has 3 aromatic rings. The van der Waals surface area contributed by atoms with Gasteiger partial charge in [0, 0.05) is 45.2 Å². The van der Waals surface area contributed by atoms with Gasteiger partial charge in [0.2, 0.25) is 0 Å². The molecule has 1 aliphatic heterocycles. The van der Waals surface area contributed by atoms with Crippen LogP contribution >= 0.6 is 23.5 Å². The molecule has 0 radical (unpaired) electrons. The number of alkyl halides is 3. The Morgan fingerprint density at radius 2 is 1.66 bits per heavy atom. The molecule has 38 heavy (non-hydrogen) atoms. The highest BCUT2D eigenvalue weighted by molar-refractivity contribution is 7.96. The lowest BCUT2D eigenvalue weighted by Gasteiger charge is -2.29. The van der Waals surface area contributed by atoms with Gasteiger partial charge in [-0.15, -0.1) is 0 Å². The molecule has 0 aromatic heterocycles. The number of ether oxygens (including phenoxy) is 1. The Kier molecular flexibility index (Phi) is 10.6. The first kappa shape index (κ1) is 29.0. The van der Waals surface area contributed by atoms with Gasteiger partial charge < -0.3 is 4.74 Å². The number of rotatable bonds is 12. The minimum atomic E-state index is -4.49. The zero-order valence-electron chi connectivity index (χ0n) is 21.5. The molecule has 0 unspecified atom stereocenters. The van der Waals surface area contributed by atoms with E-state index in [1.54, 1.807) is 18.0 Å². The zero-order chi connectivity index (χ0) is 27.0. The molecule has 8 heteroatoms. The van der Waals surface area contributed by atoms with Crippen molar-refractivity contribution in [3.8, 4) is 0 Å². The molecular weight excluding hydrogens is 529 g/mol. The van der Waals surface area contributed by atoms with E-state index in [1.807, 2.05) is 36.4 Å². The van der Waals surface area contributed by atoms with Gasteiger partial charge in [-0.1, -0.05) is 96.3 Å². The zero-order valence-corrected chi connectivity index (χ0v) is 23.1. The van der Waals surface area contributed by atoms with Gasteiger partial charge in [0.1, 0.15) is 0 Å². The molecule has 0 N–H and O–H groups in total. The van der Waals surface area contributed by atoms with E-state index in [0.29, 0.717) is 31.8 Å². The van der Waals surface area contributed by atoms with Crippen molar-refractivity contribution in [2.24, 2.45) is 0 Å². The molecule has 204 valence electrons. The summed E-state index contributed by atoms with van der Waals surface area (Å²) in [5, 5.41) is -0.222. The van der Waals surface area contributed by atoms with E-state index in [1.165, 1.54) is 17.2 Å². The second kappa shape index (κ2) is 13.9. The lowest BCUT2D eigenvalue weighted by molar-refractivity contribution is -0.137. The van der Waals surface area contributed by atoms with Crippen LogP contribution in [0.2, 0.25) is 5.02 Å². The van der Waals surface area contributed by atoms with Crippen LogP contribution in [-0.2, 0) is 17.5 Å². The van der Waals surface area contributed by atoms with Crippen LogP contribution in [0.1, 0.15) is 41.0 Å². The Morgan fingerprint density at radius 1 is 1.00 bits per heavy atom. The Hall–Kier alpha value is -2.03. The number of nitrogens with zero attached hydrogens (tertiary/aromatic N) is 2.